The van der Waals surface area contributed by atoms with Crippen molar-refractivity contribution in [1.82, 2.24) is 9.62 Å². The summed E-state index contributed by atoms with van der Waals surface area (Å²) in [5.74, 6) is 0.800. The highest BCUT2D eigenvalue weighted by Gasteiger charge is 2.37. The van der Waals surface area contributed by atoms with E-state index in [1.165, 1.54) is 29.0 Å². The zero-order valence-corrected chi connectivity index (χ0v) is 17.1. The maximum atomic E-state index is 12.7. The van der Waals surface area contributed by atoms with Crippen molar-refractivity contribution in [2.45, 2.75) is 43.9 Å². The van der Waals surface area contributed by atoms with E-state index in [1.54, 1.807) is 7.11 Å². The maximum Gasteiger partial charge on any atom is 0.223 e. The molecule has 1 saturated heterocycles. The topological polar surface area (TPSA) is 75.7 Å². The Morgan fingerprint density at radius 1 is 1.19 bits per heavy atom. The van der Waals surface area contributed by atoms with Crippen molar-refractivity contribution in [2.75, 3.05) is 33.0 Å². The van der Waals surface area contributed by atoms with Crippen LogP contribution in [0.5, 0.6) is 5.75 Å². The smallest absolute Gasteiger partial charge is 0.223 e. The highest BCUT2D eigenvalue weighted by Crippen LogP contribution is 2.41. The Hall–Kier alpha value is -1.60. The normalized spacial score (nSPS) is 21.1. The molecule has 1 aliphatic heterocycles. The molecule has 1 aromatic rings. The number of benzene rings is 1. The zero-order chi connectivity index (χ0) is 19.5. The first-order chi connectivity index (χ1) is 12.8. The number of nitrogens with one attached hydrogen (secondary N) is 1. The van der Waals surface area contributed by atoms with Crippen molar-refractivity contribution in [2.24, 2.45) is 5.92 Å². The molecular formula is C20H30N2O4S. The fourth-order valence-corrected chi connectivity index (χ4v) is 5.29. The van der Waals surface area contributed by atoms with Crippen LogP contribution in [0.4, 0.5) is 0 Å². The highest BCUT2D eigenvalue weighted by molar-refractivity contribution is 7.88. The number of amides is 1. The van der Waals surface area contributed by atoms with Crippen molar-refractivity contribution >= 4 is 15.9 Å². The summed E-state index contributed by atoms with van der Waals surface area (Å²) in [4.78, 5) is 12.7. The number of methoxy groups -OCH3 is 1. The van der Waals surface area contributed by atoms with E-state index in [4.69, 9.17) is 4.74 Å². The van der Waals surface area contributed by atoms with Crippen molar-refractivity contribution < 1.29 is 17.9 Å². The SMILES string of the molecule is COc1ccc(C2(CNC(=O)C3CCN(S(C)(=O)=O)CC3)CCCC2)cc1. The van der Waals surface area contributed by atoms with E-state index >= 15 is 0 Å². The minimum Gasteiger partial charge on any atom is -0.497 e. The van der Waals surface area contributed by atoms with Gasteiger partial charge in [0.15, 0.2) is 0 Å². The van der Waals surface area contributed by atoms with Gasteiger partial charge < -0.3 is 10.1 Å². The van der Waals surface area contributed by atoms with Crippen LogP contribution >= 0.6 is 0 Å². The molecule has 1 heterocycles. The van der Waals surface area contributed by atoms with E-state index < -0.39 is 10.0 Å². The summed E-state index contributed by atoms with van der Waals surface area (Å²) in [5, 5.41) is 3.18. The van der Waals surface area contributed by atoms with Gasteiger partial charge in [0.25, 0.3) is 0 Å². The Balaban J connectivity index is 1.60. The molecule has 0 unspecified atom stereocenters. The van der Waals surface area contributed by atoms with E-state index in [0.717, 1.165) is 18.6 Å². The third kappa shape index (κ3) is 4.63. The molecule has 1 saturated carbocycles. The number of carbonyl (C=O) groups excluding carboxylic acids is 1. The van der Waals surface area contributed by atoms with Crippen LogP contribution in [0.15, 0.2) is 24.3 Å². The summed E-state index contributed by atoms with van der Waals surface area (Å²) in [6, 6.07) is 8.19. The third-order valence-corrected chi connectivity index (χ3v) is 7.46. The van der Waals surface area contributed by atoms with Gasteiger partial charge in [-0.1, -0.05) is 25.0 Å². The number of nitrogens with zero attached hydrogens (tertiary/aromatic N) is 1. The van der Waals surface area contributed by atoms with Gasteiger partial charge in [0.05, 0.1) is 13.4 Å². The lowest BCUT2D eigenvalue weighted by Crippen LogP contribution is -2.45. The second-order valence-electron chi connectivity index (χ2n) is 7.87. The Morgan fingerprint density at radius 3 is 2.30 bits per heavy atom. The van der Waals surface area contributed by atoms with Gasteiger partial charge in [0, 0.05) is 31.0 Å². The lowest BCUT2D eigenvalue weighted by molar-refractivity contribution is -0.126. The number of rotatable bonds is 6. The Kier molecular flexibility index (Phi) is 6.11. The molecule has 0 radical (unpaired) electrons. The van der Waals surface area contributed by atoms with Crippen LogP contribution in [0.3, 0.4) is 0 Å². The molecule has 3 rings (SSSR count). The first kappa shape index (κ1) is 20.1. The second-order valence-corrected chi connectivity index (χ2v) is 9.85. The molecule has 0 bridgehead atoms. The minimum absolute atomic E-state index is 0.00457. The van der Waals surface area contributed by atoms with E-state index in [2.05, 4.69) is 17.4 Å². The molecule has 150 valence electrons. The van der Waals surface area contributed by atoms with Crippen molar-refractivity contribution in [3.63, 3.8) is 0 Å². The number of ether oxygens (including phenoxy) is 1. The molecule has 0 aromatic heterocycles. The molecule has 1 aromatic carbocycles. The number of sulfonamides is 1. The van der Waals surface area contributed by atoms with E-state index in [1.807, 2.05) is 12.1 Å². The van der Waals surface area contributed by atoms with E-state index in [0.29, 0.717) is 32.5 Å². The van der Waals surface area contributed by atoms with E-state index in [-0.39, 0.29) is 17.2 Å². The lowest BCUT2D eigenvalue weighted by atomic mass is 9.78. The van der Waals surface area contributed by atoms with Gasteiger partial charge in [-0.2, -0.15) is 0 Å². The highest BCUT2D eigenvalue weighted by atomic mass is 32.2. The van der Waals surface area contributed by atoms with Gasteiger partial charge in [-0.15, -0.1) is 0 Å². The maximum absolute atomic E-state index is 12.7. The molecule has 6 nitrogen and oxygen atoms in total. The quantitative estimate of drug-likeness (QED) is 0.803. The first-order valence-corrected chi connectivity index (χ1v) is 11.6. The molecule has 0 atom stereocenters. The minimum atomic E-state index is -3.16. The predicted molar refractivity (Wildman–Crippen MR) is 105 cm³/mol. The predicted octanol–water partition coefficient (Wildman–Crippen LogP) is 2.29. The van der Waals surface area contributed by atoms with Crippen molar-refractivity contribution in [3.8, 4) is 5.75 Å². The largest absolute Gasteiger partial charge is 0.497 e. The summed E-state index contributed by atoms with van der Waals surface area (Å²) in [5.41, 5.74) is 1.25. The number of piperidine rings is 1. The van der Waals surface area contributed by atoms with Gasteiger partial charge in [-0.05, 0) is 43.4 Å². The molecular weight excluding hydrogens is 364 g/mol. The first-order valence-electron chi connectivity index (χ1n) is 9.71. The van der Waals surface area contributed by atoms with Gasteiger partial charge in [-0.25, -0.2) is 12.7 Å². The molecule has 1 aliphatic carbocycles. The fourth-order valence-electron chi connectivity index (χ4n) is 4.41. The molecule has 27 heavy (non-hydrogen) atoms. The van der Waals surface area contributed by atoms with Gasteiger partial charge in [0.2, 0.25) is 15.9 Å². The average molecular weight is 395 g/mol. The summed E-state index contributed by atoms with van der Waals surface area (Å²) in [6.45, 7) is 1.51. The number of hydrogen-bond donors (Lipinski definition) is 1. The van der Waals surface area contributed by atoms with Crippen molar-refractivity contribution in [3.05, 3.63) is 29.8 Å². The van der Waals surface area contributed by atoms with Crippen LogP contribution in [0.1, 0.15) is 44.1 Å². The van der Waals surface area contributed by atoms with Crippen LogP contribution < -0.4 is 10.1 Å². The molecule has 2 fully saturated rings. The fraction of sp³-hybridized carbons (Fsp3) is 0.650. The second kappa shape index (κ2) is 8.19. The van der Waals surface area contributed by atoms with Gasteiger partial charge in [0.1, 0.15) is 5.75 Å². The molecule has 2 aliphatic rings. The summed E-state index contributed by atoms with van der Waals surface area (Å²) in [6.07, 6.45) is 6.91. The van der Waals surface area contributed by atoms with Crippen molar-refractivity contribution in [1.29, 1.82) is 0 Å². The van der Waals surface area contributed by atoms with Gasteiger partial charge in [-0.3, -0.25) is 4.79 Å². The molecule has 1 amide bonds. The van der Waals surface area contributed by atoms with Crippen LogP contribution in [0.25, 0.3) is 0 Å². The summed E-state index contributed by atoms with van der Waals surface area (Å²) in [7, 11) is -1.50. The molecule has 7 heteroatoms. The Bertz CT molecular complexity index is 747. The standard InChI is InChI=1S/C20H30N2O4S/c1-26-18-7-5-17(6-8-18)20(11-3-4-12-20)15-21-19(23)16-9-13-22(14-10-16)27(2,24)25/h5-8,16H,3-4,9-15H2,1-2H3,(H,21,23). The molecule has 0 spiro atoms. The van der Waals surface area contributed by atoms with E-state index in [9.17, 15) is 13.2 Å². The zero-order valence-electron chi connectivity index (χ0n) is 16.2. The van der Waals surface area contributed by atoms with Gasteiger partial charge >= 0.3 is 0 Å². The summed E-state index contributed by atoms with van der Waals surface area (Å²) < 4.78 is 30.0. The van der Waals surface area contributed by atoms with Crippen LogP contribution in [0, 0.1) is 5.92 Å². The summed E-state index contributed by atoms with van der Waals surface area (Å²) >= 11 is 0. The number of hydrogen-bond acceptors (Lipinski definition) is 4. The Labute approximate surface area is 162 Å². The van der Waals surface area contributed by atoms with Crippen LogP contribution in [-0.4, -0.2) is 51.6 Å². The number of carbonyl (C=O) groups is 1. The Morgan fingerprint density at radius 2 is 1.78 bits per heavy atom. The lowest BCUT2D eigenvalue weighted by Gasteiger charge is -2.33. The molecule has 1 N–H and O–H groups in total. The monoisotopic (exact) mass is 394 g/mol. The van der Waals surface area contributed by atoms with Crippen LogP contribution in [0.2, 0.25) is 0 Å². The third-order valence-electron chi connectivity index (χ3n) is 6.16. The van der Waals surface area contributed by atoms with Crippen LogP contribution in [-0.2, 0) is 20.2 Å². The average Bonchev–Trinajstić information content (AvgIpc) is 3.16.